The molecule has 16 nitrogen and oxygen atoms in total. The molecule has 6 aliphatic heterocycles. The number of piperazine rings is 2. The summed E-state index contributed by atoms with van der Waals surface area (Å²) in [6.45, 7) is 11.5. The lowest BCUT2D eigenvalue weighted by Gasteiger charge is -2.40. The summed E-state index contributed by atoms with van der Waals surface area (Å²) in [4.78, 5) is 76.1. The fraction of sp³-hybridized carbons (Fsp3) is 0.491. The van der Waals surface area contributed by atoms with Gasteiger partial charge in [0.25, 0.3) is 11.8 Å². The minimum Gasteiger partial charge on any atom is -0.508 e. The van der Waals surface area contributed by atoms with Gasteiger partial charge >= 0.3 is 6.01 Å². The number of aryl methyl sites for hydroxylation is 1. The number of phenols is 1. The molecule has 12 rings (SSSR count). The SMILES string of the molecule is CCc1cccc2cc(O)cc(-c3ncc4c(N5CC6CCC(C5)N6)nc(OCC5(CN6CCC(CN7CCN(c8ccc9c(c8)C(=O)N(C8CCC(=O)NC8=O)C9=O)CC7)CC6)CC5)nc4c3F)c12. The lowest BCUT2D eigenvalue weighted by molar-refractivity contribution is -0.136. The highest BCUT2D eigenvalue weighted by Crippen LogP contribution is 2.47. The van der Waals surface area contributed by atoms with Gasteiger partial charge in [-0.2, -0.15) is 9.97 Å². The summed E-state index contributed by atoms with van der Waals surface area (Å²) in [6.07, 6.45) is 9.19. The van der Waals surface area contributed by atoms with E-state index in [4.69, 9.17) is 19.7 Å². The number of benzene rings is 3. The molecule has 7 aliphatic rings. The molecule has 6 fully saturated rings. The molecular weight excluding hydrogens is 892 g/mol. The standard InChI is InChI=1S/C53H59FN10O6/c1-2-32-4-3-5-33-22-37(65)24-40(44(32)33)46-45(54)47-41(25-55-46)48(63-27-34-6-7-35(28-63)56-34)59-52(58-47)70-30-53(14-15-53)29-61-16-12-31(13-17-61)26-60-18-20-62(21-19-60)36-8-9-38-39(23-36)51(69)64(50(38)68)42-10-11-43(66)57-49(42)67/h3-5,8-9,22-25,31,34-35,42,56,65H,2,6-7,10-21,26-30H2,1H3,(H,57,66,67). The molecule has 4 amide bonds. The van der Waals surface area contributed by atoms with Gasteiger partial charge in [-0.15, -0.1) is 0 Å². The van der Waals surface area contributed by atoms with E-state index in [1.54, 1.807) is 30.5 Å². The summed E-state index contributed by atoms with van der Waals surface area (Å²) in [6, 6.07) is 14.5. The second kappa shape index (κ2) is 17.8. The highest BCUT2D eigenvalue weighted by molar-refractivity contribution is 6.23. The van der Waals surface area contributed by atoms with Crippen LogP contribution in [0.25, 0.3) is 32.9 Å². The Morgan fingerprint density at radius 2 is 1.60 bits per heavy atom. The fourth-order valence-electron chi connectivity index (χ4n) is 12.2. The quantitative estimate of drug-likeness (QED) is 0.138. The molecule has 3 atom stereocenters. The van der Waals surface area contributed by atoms with Gasteiger partial charge in [-0.05, 0) is 117 Å². The number of halogens is 1. The van der Waals surface area contributed by atoms with Crippen LogP contribution in [-0.4, -0.2) is 149 Å². The van der Waals surface area contributed by atoms with Gasteiger partial charge in [0.05, 0.1) is 23.1 Å². The Balaban J connectivity index is 0.680. The number of aromatic hydroxyl groups is 1. The summed E-state index contributed by atoms with van der Waals surface area (Å²) in [5.41, 5.74) is 3.38. The molecule has 17 heteroatoms. The summed E-state index contributed by atoms with van der Waals surface area (Å²) in [7, 11) is 0. The zero-order chi connectivity index (χ0) is 47.8. The number of nitrogens with zero attached hydrogens (tertiary/aromatic N) is 8. The number of imide groups is 2. The Labute approximate surface area is 405 Å². The maximum absolute atomic E-state index is 17.2. The van der Waals surface area contributed by atoms with Crippen LogP contribution in [0.15, 0.2) is 54.7 Å². The van der Waals surface area contributed by atoms with Crippen LogP contribution in [0.3, 0.4) is 0 Å². The third kappa shape index (κ3) is 8.28. The zero-order valence-corrected chi connectivity index (χ0v) is 39.6. The van der Waals surface area contributed by atoms with Gasteiger partial charge in [0.2, 0.25) is 11.8 Å². The number of piperidine rings is 2. The van der Waals surface area contributed by atoms with Crippen LogP contribution in [0.2, 0.25) is 0 Å². The largest absolute Gasteiger partial charge is 0.508 e. The van der Waals surface area contributed by atoms with Gasteiger partial charge in [0, 0.05) is 93.7 Å². The van der Waals surface area contributed by atoms with E-state index in [0.29, 0.717) is 52.5 Å². The first kappa shape index (κ1) is 44.9. The van der Waals surface area contributed by atoms with E-state index in [2.05, 4.69) is 37.2 Å². The lowest BCUT2D eigenvalue weighted by atomic mass is 9.94. The number of likely N-dealkylation sites (tertiary alicyclic amines) is 1. The van der Waals surface area contributed by atoms with Crippen molar-refractivity contribution in [2.75, 3.05) is 81.9 Å². The molecule has 3 N–H and O–H groups in total. The van der Waals surface area contributed by atoms with E-state index in [1.165, 1.54) is 0 Å². The molecule has 1 aliphatic carbocycles. The molecule has 5 aromatic rings. The van der Waals surface area contributed by atoms with E-state index >= 15 is 4.39 Å². The smallest absolute Gasteiger partial charge is 0.319 e. The Morgan fingerprint density at radius 1 is 0.829 bits per heavy atom. The van der Waals surface area contributed by atoms with E-state index in [0.717, 1.165) is 137 Å². The molecule has 70 heavy (non-hydrogen) atoms. The number of anilines is 2. The highest BCUT2D eigenvalue weighted by atomic mass is 19.1. The highest BCUT2D eigenvalue weighted by Gasteiger charge is 2.47. The predicted octanol–water partition coefficient (Wildman–Crippen LogP) is 5.29. The number of carbonyl (C=O) groups is 4. The van der Waals surface area contributed by atoms with Gasteiger partial charge in [-0.1, -0.05) is 25.1 Å². The first-order valence-electron chi connectivity index (χ1n) is 25.3. The molecule has 2 aromatic heterocycles. The topological polar surface area (TPSA) is 177 Å². The van der Waals surface area contributed by atoms with Crippen molar-refractivity contribution in [1.82, 2.24) is 40.3 Å². The Bertz CT molecular complexity index is 2940. The van der Waals surface area contributed by atoms with Crippen LogP contribution in [0.5, 0.6) is 11.8 Å². The minimum absolute atomic E-state index is 0.00648. The van der Waals surface area contributed by atoms with E-state index < -0.39 is 35.5 Å². The maximum Gasteiger partial charge on any atom is 0.319 e. The van der Waals surface area contributed by atoms with Gasteiger partial charge in [-0.3, -0.25) is 39.3 Å². The number of hydrogen-bond donors (Lipinski definition) is 3. The van der Waals surface area contributed by atoms with Crippen LogP contribution in [0.4, 0.5) is 15.9 Å². The van der Waals surface area contributed by atoms with Gasteiger partial charge in [-0.25, -0.2) is 4.39 Å². The van der Waals surface area contributed by atoms with Gasteiger partial charge in [0.15, 0.2) is 5.82 Å². The van der Waals surface area contributed by atoms with Crippen LogP contribution in [-0.2, 0) is 16.0 Å². The lowest BCUT2D eigenvalue weighted by Crippen LogP contribution is -2.54. The third-order valence-corrected chi connectivity index (χ3v) is 16.3. The first-order chi connectivity index (χ1) is 34.0. The number of pyridine rings is 1. The van der Waals surface area contributed by atoms with Crippen molar-refractivity contribution in [2.45, 2.75) is 82.8 Å². The third-order valence-electron chi connectivity index (χ3n) is 16.3. The summed E-state index contributed by atoms with van der Waals surface area (Å²) >= 11 is 0. The number of nitrogens with one attached hydrogen (secondary N) is 2. The molecule has 1 saturated carbocycles. The van der Waals surface area contributed by atoms with Crippen LogP contribution < -0.4 is 25.2 Å². The number of carbonyl (C=O) groups excluding carboxylic acids is 4. The van der Waals surface area contributed by atoms with E-state index in [9.17, 15) is 24.3 Å². The molecule has 364 valence electrons. The average molecular weight is 951 g/mol. The number of fused-ring (bicyclic) bond motifs is 5. The van der Waals surface area contributed by atoms with E-state index in [-0.39, 0.29) is 41.2 Å². The Kier molecular flexibility index (Phi) is 11.4. The molecule has 8 heterocycles. The van der Waals surface area contributed by atoms with Crippen LogP contribution in [0.1, 0.15) is 84.6 Å². The number of aromatic nitrogens is 3. The maximum atomic E-state index is 17.2. The van der Waals surface area contributed by atoms with Crippen molar-refractivity contribution in [3.63, 3.8) is 0 Å². The molecule has 0 spiro atoms. The second-order valence-corrected chi connectivity index (χ2v) is 20.9. The molecule has 0 radical (unpaired) electrons. The van der Waals surface area contributed by atoms with Crippen LogP contribution >= 0.6 is 0 Å². The van der Waals surface area contributed by atoms with Crippen molar-refractivity contribution in [3.8, 4) is 23.0 Å². The van der Waals surface area contributed by atoms with Gasteiger partial charge in [0.1, 0.15) is 28.8 Å². The van der Waals surface area contributed by atoms with Crippen LogP contribution in [0, 0.1) is 17.2 Å². The number of ether oxygens (including phenoxy) is 1. The Morgan fingerprint density at radius 3 is 2.34 bits per heavy atom. The number of hydrogen-bond acceptors (Lipinski definition) is 14. The summed E-state index contributed by atoms with van der Waals surface area (Å²) in [5, 5.41) is 19.0. The predicted molar refractivity (Wildman–Crippen MR) is 262 cm³/mol. The number of amides is 4. The summed E-state index contributed by atoms with van der Waals surface area (Å²) in [5.74, 6) is -1.23. The normalized spacial score (nSPS) is 24.0. The molecule has 3 unspecified atom stereocenters. The summed E-state index contributed by atoms with van der Waals surface area (Å²) < 4.78 is 23.7. The van der Waals surface area contributed by atoms with Gasteiger partial charge < -0.3 is 29.9 Å². The second-order valence-electron chi connectivity index (χ2n) is 20.9. The van der Waals surface area contributed by atoms with E-state index in [1.807, 2.05) is 24.3 Å². The number of phenolic OH excluding ortho intramolecular Hbond substituents is 1. The molecule has 5 saturated heterocycles. The molecular formula is C53H59FN10O6. The fourth-order valence-corrected chi connectivity index (χ4v) is 12.2. The minimum atomic E-state index is -0.979. The van der Waals surface area contributed by atoms with Crippen molar-refractivity contribution in [2.24, 2.45) is 11.3 Å². The van der Waals surface area contributed by atoms with Crippen molar-refractivity contribution in [3.05, 3.63) is 77.2 Å². The molecule has 3 aromatic carbocycles. The monoisotopic (exact) mass is 950 g/mol. The van der Waals surface area contributed by atoms with Crippen molar-refractivity contribution < 1.29 is 33.4 Å². The number of rotatable bonds is 12. The zero-order valence-electron chi connectivity index (χ0n) is 39.6. The van der Waals surface area contributed by atoms with Crippen molar-refractivity contribution in [1.29, 1.82) is 0 Å². The first-order valence-corrected chi connectivity index (χ1v) is 25.3. The van der Waals surface area contributed by atoms with Crippen molar-refractivity contribution >= 4 is 56.8 Å². The average Bonchev–Trinajstić information content (AvgIpc) is 3.99. The molecule has 2 bridgehead atoms. The Hall–Kier alpha value is -6.30.